The summed E-state index contributed by atoms with van der Waals surface area (Å²) in [5, 5.41) is 0. The van der Waals surface area contributed by atoms with Gasteiger partial charge in [-0.15, -0.1) is 23.2 Å². The predicted octanol–water partition coefficient (Wildman–Crippen LogP) is 2.21. The van der Waals surface area contributed by atoms with Crippen LogP contribution in [0.3, 0.4) is 0 Å². The number of hydrogen-bond donors (Lipinski definition) is 0. The van der Waals surface area contributed by atoms with Gasteiger partial charge in [0.1, 0.15) is 4.84 Å². The Morgan fingerprint density at radius 1 is 1.38 bits per heavy atom. The van der Waals surface area contributed by atoms with Gasteiger partial charge < -0.3 is 0 Å². The molecule has 0 radical (unpaired) electrons. The summed E-state index contributed by atoms with van der Waals surface area (Å²) < 4.78 is 0. The monoisotopic (exact) mass is 170 g/mol. The van der Waals surface area contributed by atoms with Crippen LogP contribution >= 0.6 is 23.2 Å². The normalized spacial score (nSPS) is 12.8. The summed E-state index contributed by atoms with van der Waals surface area (Å²) >= 11 is 11.0. The number of rotatable bonds is 3. The van der Waals surface area contributed by atoms with Crippen LogP contribution < -0.4 is 0 Å². The van der Waals surface area contributed by atoms with Crippen molar-refractivity contribution < 1.29 is 0 Å². The average molecular weight is 171 g/mol. The maximum atomic E-state index is 5.52. The molecule has 0 rings (SSSR count). The Morgan fingerprint density at radius 3 is 2.00 bits per heavy atom. The van der Waals surface area contributed by atoms with Crippen molar-refractivity contribution in [3.8, 4) is 0 Å². The summed E-state index contributed by atoms with van der Waals surface area (Å²) in [6.07, 6.45) is 0. The molecule has 0 aliphatic heterocycles. The molecule has 0 aromatic rings. The number of alkyl halides is 2. The van der Waals surface area contributed by atoms with Crippen LogP contribution in [0.15, 0.2) is 0 Å². The summed E-state index contributed by atoms with van der Waals surface area (Å²) in [7, 11) is 0.0347. The van der Waals surface area contributed by atoms with Crippen LogP contribution in [0.1, 0.15) is 13.8 Å². The third kappa shape index (κ3) is 6.80. The maximum absolute atomic E-state index is 5.52. The Bertz CT molecular complexity index is 46.4. The first-order valence-electron chi connectivity index (χ1n) is 2.91. The van der Waals surface area contributed by atoms with E-state index in [2.05, 4.69) is 13.8 Å². The standard InChI is InChI=1S/C5H12Cl2Si/c1-4(2)8-3-5(6)7/h4-5H,3,8H2,1-2H3. The van der Waals surface area contributed by atoms with Gasteiger partial charge >= 0.3 is 0 Å². The third-order valence-electron chi connectivity index (χ3n) is 0.962. The Balaban J connectivity index is 2.93. The van der Waals surface area contributed by atoms with E-state index in [0.717, 1.165) is 11.6 Å². The molecule has 0 spiro atoms. The minimum absolute atomic E-state index is 0.0347. The Kier molecular flexibility index (Phi) is 5.12. The molecule has 0 nitrogen and oxygen atoms in total. The second-order valence-corrected chi connectivity index (χ2v) is 6.43. The fraction of sp³-hybridized carbons (Fsp3) is 1.00. The van der Waals surface area contributed by atoms with Crippen LogP contribution in [-0.4, -0.2) is 14.4 Å². The van der Waals surface area contributed by atoms with Gasteiger partial charge in [0.25, 0.3) is 0 Å². The van der Waals surface area contributed by atoms with Gasteiger partial charge in [0, 0.05) is 9.52 Å². The first kappa shape index (κ1) is 8.80. The van der Waals surface area contributed by atoms with Crippen LogP contribution in [0, 0.1) is 0 Å². The molecule has 0 aromatic carbocycles. The van der Waals surface area contributed by atoms with E-state index in [4.69, 9.17) is 23.2 Å². The van der Waals surface area contributed by atoms with Crippen molar-refractivity contribution in [2.45, 2.75) is 30.3 Å². The van der Waals surface area contributed by atoms with Crippen LogP contribution in [-0.2, 0) is 0 Å². The van der Waals surface area contributed by atoms with Crippen molar-refractivity contribution in [1.29, 1.82) is 0 Å². The quantitative estimate of drug-likeness (QED) is 0.451. The fourth-order valence-corrected chi connectivity index (χ4v) is 2.13. The highest BCUT2D eigenvalue weighted by atomic mass is 35.5. The van der Waals surface area contributed by atoms with Crippen molar-refractivity contribution in [2.24, 2.45) is 0 Å². The van der Waals surface area contributed by atoms with Crippen molar-refractivity contribution in [3.63, 3.8) is 0 Å². The van der Waals surface area contributed by atoms with Crippen LogP contribution in [0.5, 0.6) is 0 Å². The third-order valence-corrected chi connectivity index (χ3v) is 4.20. The molecule has 0 fully saturated rings. The zero-order valence-electron chi connectivity index (χ0n) is 5.32. The average Bonchev–Trinajstić information content (AvgIpc) is 1.61. The lowest BCUT2D eigenvalue weighted by Gasteiger charge is -2.01. The maximum Gasteiger partial charge on any atom is 0.105 e. The molecule has 0 amide bonds. The van der Waals surface area contributed by atoms with Gasteiger partial charge in [0.15, 0.2) is 0 Å². The Morgan fingerprint density at radius 2 is 1.88 bits per heavy atom. The number of halogens is 2. The van der Waals surface area contributed by atoms with E-state index in [1.54, 1.807) is 0 Å². The summed E-state index contributed by atoms with van der Waals surface area (Å²) in [5.41, 5.74) is 0.856. The zero-order valence-corrected chi connectivity index (χ0v) is 8.25. The smallest absolute Gasteiger partial charge is 0.105 e. The molecule has 8 heavy (non-hydrogen) atoms. The van der Waals surface area contributed by atoms with E-state index >= 15 is 0 Å². The van der Waals surface area contributed by atoms with Gasteiger partial charge in [0.05, 0.1) is 0 Å². The second-order valence-electron chi connectivity index (χ2n) is 2.36. The van der Waals surface area contributed by atoms with Gasteiger partial charge in [-0.3, -0.25) is 0 Å². The molecule has 0 heterocycles. The van der Waals surface area contributed by atoms with Crippen molar-refractivity contribution in [3.05, 3.63) is 0 Å². The molecular formula is C5H12Cl2Si. The lowest BCUT2D eigenvalue weighted by atomic mass is 10.6. The highest BCUT2D eigenvalue weighted by Crippen LogP contribution is 2.10. The Labute approximate surface area is 63.4 Å². The topological polar surface area (TPSA) is 0 Å². The van der Waals surface area contributed by atoms with E-state index in [1.807, 2.05) is 0 Å². The fourth-order valence-electron chi connectivity index (χ4n) is 0.459. The lowest BCUT2D eigenvalue weighted by Crippen LogP contribution is -1.98. The van der Waals surface area contributed by atoms with Crippen molar-refractivity contribution in [1.82, 2.24) is 0 Å². The van der Waals surface area contributed by atoms with Crippen LogP contribution in [0.2, 0.25) is 11.6 Å². The molecule has 0 N–H and O–H groups in total. The minimum atomic E-state index is -0.107. The molecule has 0 aliphatic rings. The summed E-state index contributed by atoms with van der Waals surface area (Å²) in [4.78, 5) is -0.107. The highest BCUT2D eigenvalue weighted by molar-refractivity contribution is 6.50. The molecule has 0 unspecified atom stereocenters. The van der Waals surface area contributed by atoms with E-state index < -0.39 is 0 Å². The molecule has 3 heteroatoms. The lowest BCUT2D eigenvalue weighted by molar-refractivity contribution is 1.04. The highest BCUT2D eigenvalue weighted by Gasteiger charge is 2.00. The van der Waals surface area contributed by atoms with Gasteiger partial charge in [0.2, 0.25) is 0 Å². The molecule has 0 atom stereocenters. The summed E-state index contributed by atoms with van der Waals surface area (Å²) in [6, 6.07) is 1.06. The molecule has 0 bridgehead atoms. The van der Waals surface area contributed by atoms with Crippen molar-refractivity contribution >= 4 is 32.7 Å². The molecular weight excluding hydrogens is 159 g/mol. The SMILES string of the molecule is CC(C)[SiH2]CC(Cl)Cl. The van der Waals surface area contributed by atoms with E-state index in [0.29, 0.717) is 0 Å². The van der Waals surface area contributed by atoms with Gasteiger partial charge in [-0.05, 0) is 6.04 Å². The molecule has 0 aromatic heterocycles. The Hall–Kier alpha value is 0.797. The largest absolute Gasteiger partial charge is 0.106 e. The predicted molar refractivity (Wildman–Crippen MR) is 43.9 cm³/mol. The van der Waals surface area contributed by atoms with Gasteiger partial charge in [-0.1, -0.05) is 19.4 Å². The van der Waals surface area contributed by atoms with Crippen molar-refractivity contribution in [2.75, 3.05) is 0 Å². The minimum Gasteiger partial charge on any atom is -0.106 e. The van der Waals surface area contributed by atoms with E-state index in [1.165, 1.54) is 0 Å². The first-order valence-corrected chi connectivity index (χ1v) is 5.60. The molecule has 0 saturated heterocycles. The zero-order chi connectivity index (χ0) is 6.57. The first-order chi connectivity index (χ1) is 3.63. The molecule has 50 valence electrons. The summed E-state index contributed by atoms with van der Waals surface area (Å²) in [5.74, 6) is 0. The van der Waals surface area contributed by atoms with Gasteiger partial charge in [-0.25, -0.2) is 0 Å². The van der Waals surface area contributed by atoms with E-state index in [9.17, 15) is 0 Å². The second kappa shape index (κ2) is 4.65. The molecule has 0 aliphatic carbocycles. The van der Waals surface area contributed by atoms with Crippen LogP contribution in [0.4, 0.5) is 0 Å². The van der Waals surface area contributed by atoms with Crippen LogP contribution in [0.25, 0.3) is 0 Å². The number of hydrogen-bond acceptors (Lipinski definition) is 0. The van der Waals surface area contributed by atoms with E-state index in [-0.39, 0.29) is 14.4 Å². The molecule has 0 saturated carbocycles. The summed E-state index contributed by atoms with van der Waals surface area (Å²) in [6.45, 7) is 4.45. The van der Waals surface area contributed by atoms with Gasteiger partial charge in [-0.2, -0.15) is 0 Å².